The Balaban J connectivity index is 0.000000735. The molecule has 162 valence electrons. The van der Waals surface area contributed by atoms with Crippen molar-refractivity contribution in [1.29, 1.82) is 0 Å². The minimum atomic E-state index is -1.50. The number of nitrogens with zero attached hydrogens (tertiary/aromatic N) is 3. The van der Waals surface area contributed by atoms with E-state index in [1.807, 2.05) is 24.5 Å². The van der Waals surface area contributed by atoms with Gasteiger partial charge in [-0.3, -0.25) is 4.99 Å². The summed E-state index contributed by atoms with van der Waals surface area (Å²) in [6.07, 6.45) is 3.91. The maximum atomic E-state index is 8.36. The van der Waals surface area contributed by atoms with Gasteiger partial charge in [0.1, 0.15) is 0 Å². The summed E-state index contributed by atoms with van der Waals surface area (Å²) in [6.45, 7) is 2.74. The second-order valence-corrected chi connectivity index (χ2v) is 9.36. The van der Waals surface area contributed by atoms with Crippen LogP contribution >= 0.6 is 58.2 Å². The van der Waals surface area contributed by atoms with Crippen LogP contribution in [0.1, 0.15) is 12.0 Å². The number of benzene rings is 2. The molecule has 1 aliphatic rings. The van der Waals surface area contributed by atoms with E-state index in [1.54, 1.807) is 17.8 Å². The summed E-state index contributed by atoms with van der Waals surface area (Å²) >= 11 is 26.3. The molecule has 1 N–H and O–H groups in total. The molecule has 11 heteroatoms. The summed E-state index contributed by atoms with van der Waals surface area (Å²) < 4.78 is 0. The van der Waals surface area contributed by atoms with Gasteiger partial charge in [0.2, 0.25) is 0 Å². The molecule has 30 heavy (non-hydrogen) atoms. The summed E-state index contributed by atoms with van der Waals surface area (Å²) in [4.78, 5) is 15.9. The van der Waals surface area contributed by atoms with Gasteiger partial charge in [-0.2, -0.15) is 0 Å². The lowest BCUT2D eigenvalue weighted by Gasteiger charge is -2.23. The molecule has 2 aromatic carbocycles. The molecule has 0 fully saturated rings. The van der Waals surface area contributed by atoms with Crippen LogP contribution in [0.3, 0.4) is 0 Å². The van der Waals surface area contributed by atoms with E-state index in [-0.39, 0.29) is 0 Å². The molecule has 1 atom stereocenters. The van der Waals surface area contributed by atoms with E-state index >= 15 is 0 Å². The molecule has 0 amide bonds. The van der Waals surface area contributed by atoms with Crippen LogP contribution in [-0.2, 0) is 6.42 Å². The highest BCUT2D eigenvalue weighted by atomic mass is 35.5. The van der Waals surface area contributed by atoms with Crippen molar-refractivity contribution in [3.8, 4) is 0 Å². The van der Waals surface area contributed by atoms with Crippen LogP contribution in [0.15, 0.2) is 46.3 Å². The zero-order valence-corrected chi connectivity index (χ0v) is 19.5. The second kappa shape index (κ2) is 12.5. The lowest BCUT2D eigenvalue weighted by molar-refractivity contribution is -0.742. The normalized spacial score (nSPS) is 13.7. The van der Waals surface area contributed by atoms with Gasteiger partial charge in [0.25, 0.3) is 5.09 Å². The standard InChI is InChI=1S/C19H18Cl4N2S.HNO3/c20-14-4-1-13(2-5-14)3-6-15(11-25-8-7-24-12-25)26-19-10-17(22)16(21)9-18(19)23;2-1(3)4/h1-2,4-5,9-10,12,15H,3,6-8,11H2;(H,2,3,4). The minimum absolute atomic E-state index is 0.352. The maximum absolute atomic E-state index is 8.36. The van der Waals surface area contributed by atoms with Gasteiger partial charge >= 0.3 is 0 Å². The fourth-order valence-corrected chi connectivity index (χ4v) is 4.85. The molecule has 1 aliphatic heterocycles. The molecule has 0 saturated heterocycles. The molecule has 0 saturated carbocycles. The monoisotopic (exact) mass is 509 g/mol. The average Bonchev–Trinajstić information content (AvgIpc) is 3.18. The lowest BCUT2D eigenvalue weighted by Crippen LogP contribution is -2.29. The van der Waals surface area contributed by atoms with Gasteiger partial charge < -0.3 is 10.1 Å². The first-order valence-electron chi connectivity index (χ1n) is 8.87. The summed E-state index contributed by atoms with van der Waals surface area (Å²) in [5, 5.41) is 16.4. The molecule has 0 spiro atoms. The van der Waals surface area contributed by atoms with Gasteiger partial charge in [-0.25, -0.2) is 0 Å². The van der Waals surface area contributed by atoms with E-state index in [0.29, 0.717) is 20.3 Å². The zero-order valence-electron chi connectivity index (χ0n) is 15.7. The number of aliphatic imine (C=N–C) groups is 1. The average molecular weight is 511 g/mol. The minimum Gasteiger partial charge on any atom is -0.360 e. The smallest absolute Gasteiger partial charge is 0.291 e. The second-order valence-electron chi connectivity index (χ2n) is 6.36. The Bertz CT molecular complexity index is 880. The Kier molecular flexibility index (Phi) is 10.3. The Morgan fingerprint density at radius 1 is 1.13 bits per heavy atom. The van der Waals surface area contributed by atoms with Crippen molar-refractivity contribution < 1.29 is 10.3 Å². The topological polar surface area (TPSA) is 79.0 Å². The lowest BCUT2D eigenvalue weighted by atomic mass is 10.1. The largest absolute Gasteiger partial charge is 0.360 e. The van der Waals surface area contributed by atoms with Crippen LogP contribution in [0.4, 0.5) is 0 Å². The molecule has 1 heterocycles. The third-order valence-electron chi connectivity index (χ3n) is 4.14. The number of aryl methyl sites for hydroxylation is 1. The zero-order chi connectivity index (χ0) is 22.1. The van der Waals surface area contributed by atoms with E-state index in [0.717, 1.165) is 42.4 Å². The summed E-state index contributed by atoms with van der Waals surface area (Å²) in [6, 6.07) is 11.6. The molecular formula is C19H19Cl4N3O3S. The molecule has 3 rings (SSSR count). The molecule has 2 aromatic rings. The predicted octanol–water partition coefficient (Wildman–Crippen LogP) is 6.39. The van der Waals surface area contributed by atoms with Crippen molar-refractivity contribution in [3.05, 3.63) is 72.2 Å². The summed E-state index contributed by atoms with van der Waals surface area (Å²) in [5.74, 6) is 0. The SMILES string of the molecule is Clc1ccc(CCC(CN2C=NCC2)Sc2cc(Cl)c(Cl)cc2Cl)cc1.O=[N+]([O-])O. The number of hydrogen-bond acceptors (Lipinski definition) is 5. The van der Waals surface area contributed by atoms with Crippen LogP contribution < -0.4 is 0 Å². The highest BCUT2D eigenvalue weighted by molar-refractivity contribution is 8.00. The van der Waals surface area contributed by atoms with Crippen molar-refractivity contribution in [2.45, 2.75) is 23.0 Å². The van der Waals surface area contributed by atoms with Crippen molar-refractivity contribution in [2.75, 3.05) is 19.6 Å². The molecule has 6 nitrogen and oxygen atoms in total. The van der Waals surface area contributed by atoms with Gasteiger partial charge in [-0.1, -0.05) is 58.5 Å². The Labute approximate surface area is 198 Å². The van der Waals surface area contributed by atoms with Crippen molar-refractivity contribution in [3.63, 3.8) is 0 Å². The first-order chi connectivity index (χ1) is 14.2. The quantitative estimate of drug-likeness (QED) is 0.202. The van der Waals surface area contributed by atoms with E-state index in [1.165, 1.54) is 5.56 Å². The number of halogens is 4. The highest BCUT2D eigenvalue weighted by Gasteiger charge is 2.18. The third kappa shape index (κ3) is 8.78. The first-order valence-corrected chi connectivity index (χ1v) is 11.3. The molecule has 0 aromatic heterocycles. The first kappa shape index (κ1) is 24.9. The maximum Gasteiger partial charge on any atom is 0.291 e. The summed E-state index contributed by atoms with van der Waals surface area (Å²) in [7, 11) is 0. The van der Waals surface area contributed by atoms with E-state index in [4.69, 9.17) is 61.7 Å². The predicted molar refractivity (Wildman–Crippen MR) is 125 cm³/mol. The van der Waals surface area contributed by atoms with Crippen LogP contribution in [0.5, 0.6) is 0 Å². The van der Waals surface area contributed by atoms with Gasteiger partial charge in [-0.05, 0) is 42.7 Å². The van der Waals surface area contributed by atoms with Gasteiger partial charge in [-0.15, -0.1) is 21.9 Å². The van der Waals surface area contributed by atoms with E-state index < -0.39 is 5.09 Å². The van der Waals surface area contributed by atoms with E-state index in [9.17, 15) is 0 Å². The van der Waals surface area contributed by atoms with Gasteiger partial charge in [0.15, 0.2) is 0 Å². The van der Waals surface area contributed by atoms with Crippen LogP contribution in [0.2, 0.25) is 20.1 Å². The van der Waals surface area contributed by atoms with Crippen LogP contribution in [-0.4, -0.2) is 46.4 Å². The summed E-state index contributed by atoms with van der Waals surface area (Å²) in [5.41, 5.74) is 1.27. The van der Waals surface area contributed by atoms with E-state index in [2.05, 4.69) is 22.0 Å². The van der Waals surface area contributed by atoms with Crippen molar-refractivity contribution in [2.24, 2.45) is 4.99 Å². The molecular weight excluding hydrogens is 492 g/mol. The fraction of sp³-hybridized carbons (Fsp3) is 0.316. The van der Waals surface area contributed by atoms with Crippen molar-refractivity contribution in [1.82, 2.24) is 4.90 Å². The van der Waals surface area contributed by atoms with Gasteiger partial charge in [0, 0.05) is 28.3 Å². The molecule has 0 aliphatic carbocycles. The van der Waals surface area contributed by atoms with Crippen LogP contribution in [0.25, 0.3) is 0 Å². The fourth-order valence-electron chi connectivity index (χ4n) is 2.76. The highest BCUT2D eigenvalue weighted by Crippen LogP contribution is 2.38. The Morgan fingerprint density at radius 2 is 1.77 bits per heavy atom. The molecule has 1 unspecified atom stereocenters. The number of thioether (sulfide) groups is 1. The van der Waals surface area contributed by atoms with Crippen LogP contribution in [0, 0.1) is 10.1 Å². The van der Waals surface area contributed by atoms with Crippen molar-refractivity contribution >= 4 is 64.5 Å². The Morgan fingerprint density at radius 3 is 2.37 bits per heavy atom. The number of hydrogen-bond donors (Lipinski definition) is 1. The molecule has 0 bridgehead atoms. The Hall–Kier alpha value is -1.38. The van der Waals surface area contributed by atoms with Gasteiger partial charge in [0.05, 0.1) is 28.0 Å². The number of rotatable bonds is 7. The third-order valence-corrected chi connectivity index (χ3v) is 6.84. The molecule has 0 radical (unpaired) electrons.